The molecule has 0 aliphatic rings. The second-order valence-corrected chi connectivity index (χ2v) is 4.53. The molecule has 0 aliphatic carbocycles. The second kappa shape index (κ2) is 5.27. The van der Waals surface area contributed by atoms with Crippen LogP contribution in [0.4, 0.5) is 4.39 Å². The number of hydrogen-bond acceptors (Lipinski definition) is 2. The molecule has 1 aromatic carbocycles. The van der Waals surface area contributed by atoms with Gasteiger partial charge in [-0.15, -0.1) is 0 Å². The van der Waals surface area contributed by atoms with E-state index in [1.807, 2.05) is 44.2 Å². The van der Waals surface area contributed by atoms with Crippen molar-refractivity contribution in [2.75, 3.05) is 0 Å². The van der Waals surface area contributed by atoms with Crippen molar-refractivity contribution >= 4 is 0 Å². The third-order valence-electron chi connectivity index (χ3n) is 2.88. The summed E-state index contributed by atoms with van der Waals surface area (Å²) in [4.78, 5) is 4.47. The number of pyridine rings is 1. The Bertz CT molecular complexity index is 538. The first-order chi connectivity index (χ1) is 8.63. The molecule has 0 bridgehead atoms. The topological polar surface area (TPSA) is 33.1 Å². The van der Waals surface area contributed by atoms with Crippen molar-refractivity contribution < 1.29 is 9.50 Å². The molecule has 3 heteroatoms. The molecular weight excluding hydrogens is 229 g/mol. The van der Waals surface area contributed by atoms with Gasteiger partial charge in [-0.25, -0.2) is 4.39 Å². The molecule has 2 nitrogen and oxygen atoms in total. The molecule has 1 heterocycles. The van der Waals surface area contributed by atoms with Crippen LogP contribution in [0.5, 0.6) is 0 Å². The molecular formula is C15H16FNO. The summed E-state index contributed by atoms with van der Waals surface area (Å²) in [6, 6.07) is 10.9. The highest BCUT2D eigenvalue weighted by Gasteiger charge is 2.15. The van der Waals surface area contributed by atoms with Gasteiger partial charge in [-0.3, -0.25) is 4.98 Å². The molecule has 1 aromatic heterocycles. The Morgan fingerprint density at radius 2 is 1.89 bits per heavy atom. The van der Waals surface area contributed by atoms with Crippen molar-refractivity contribution in [2.45, 2.75) is 26.4 Å². The fraction of sp³-hybridized carbons (Fsp3) is 0.267. The fourth-order valence-electron chi connectivity index (χ4n) is 1.95. The standard InChI is InChI=1S/C15H16FNO/c1-10(2)15-12(9-18)13(16)8-14(17-15)11-6-4-3-5-7-11/h3-8,10,18H,9H2,1-2H3. The molecule has 0 spiro atoms. The fourth-order valence-corrected chi connectivity index (χ4v) is 1.95. The Balaban J connectivity index is 2.58. The highest BCUT2D eigenvalue weighted by molar-refractivity contribution is 5.59. The quantitative estimate of drug-likeness (QED) is 0.897. The van der Waals surface area contributed by atoms with Crippen LogP contribution < -0.4 is 0 Å². The normalized spacial score (nSPS) is 10.9. The Hall–Kier alpha value is -1.74. The summed E-state index contributed by atoms with van der Waals surface area (Å²) in [5.41, 5.74) is 2.40. The first-order valence-corrected chi connectivity index (χ1v) is 5.99. The van der Waals surface area contributed by atoms with Crippen LogP contribution in [0, 0.1) is 5.82 Å². The van der Waals surface area contributed by atoms with Gasteiger partial charge in [0.15, 0.2) is 0 Å². The minimum atomic E-state index is -0.393. The third-order valence-corrected chi connectivity index (χ3v) is 2.88. The molecule has 94 valence electrons. The van der Waals surface area contributed by atoms with E-state index in [0.29, 0.717) is 17.0 Å². The van der Waals surface area contributed by atoms with Gasteiger partial charge in [0.1, 0.15) is 5.82 Å². The monoisotopic (exact) mass is 245 g/mol. The zero-order valence-electron chi connectivity index (χ0n) is 10.5. The van der Waals surface area contributed by atoms with E-state index in [4.69, 9.17) is 0 Å². The Morgan fingerprint density at radius 3 is 2.44 bits per heavy atom. The lowest BCUT2D eigenvalue weighted by molar-refractivity contribution is 0.273. The van der Waals surface area contributed by atoms with Gasteiger partial charge in [0.05, 0.1) is 18.0 Å². The highest BCUT2D eigenvalue weighted by atomic mass is 19.1. The molecule has 0 atom stereocenters. The minimum Gasteiger partial charge on any atom is -0.391 e. The zero-order valence-corrected chi connectivity index (χ0v) is 10.5. The molecule has 2 rings (SSSR count). The van der Waals surface area contributed by atoms with Crippen LogP contribution in [-0.2, 0) is 6.61 Å². The van der Waals surface area contributed by atoms with Gasteiger partial charge < -0.3 is 5.11 Å². The largest absolute Gasteiger partial charge is 0.391 e. The molecule has 0 radical (unpaired) electrons. The van der Waals surface area contributed by atoms with Crippen molar-refractivity contribution in [1.82, 2.24) is 4.98 Å². The number of aromatic nitrogens is 1. The van der Waals surface area contributed by atoms with Crippen LogP contribution in [0.1, 0.15) is 31.0 Å². The lowest BCUT2D eigenvalue weighted by Gasteiger charge is -2.13. The highest BCUT2D eigenvalue weighted by Crippen LogP contribution is 2.25. The average molecular weight is 245 g/mol. The number of rotatable bonds is 3. The third kappa shape index (κ3) is 2.41. The maximum atomic E-state index is 14.0. The predicted molar refractivity (Wildman–Crippen MR) is 69.6 cm³/mol. The van der Waals surface area contributed by atoms with Crippen LogP contribution in [0.2, 0.25) is 0 Å². The van der Waals surface area contributed by atoms with Crippen LogP contribution in [0.15, 0.2) is 36.4 Å². The number of benzene rings is 1. The summed E-state index contributed by atoms with van der Waals surface area (Å²) in [6.45, 7) is 3.56. The Kier molecular flexibility index (Phi) is 3.72. The minimum absolute atomic E-state index is 0.0744. The van der Waals surface area contributed by atoms with E-state index >= 15 is 0 Å². The van der Waals surface area contributed by atoms with Crippen LogP contribution in [-0.4, -0.2) is 10.1 Å². The lowest BCUT2D eigenvalue weighted by atomic mass is 10.0. The van der Waals surface area contributed by atoms with Crippen molar-refractivity contribution in [3.63, 3.8) is 0 Å². The van der Waals surface area contributed by atoms with Crippen LogP contribution in [0.25, 0.3) is 11.3 Å². The summed E-state index contributed by atoms with van der Waals surface area (Å²) >= 11 is 0. The molecule has 0 saturated heterocycles. The SMILES string of the molecule is CC(C)c1nc(-c2ccccc2)cc(F)c1CO. The molecule has 18 heavy (non-hydrogen) atoms. The number of aliphatic hydroxyl groups is 1. The second-order valence-electron chi connectivity index (χ2n) is 4.53. The van der Waals surface area contributed by atoms with E-state index in [1.165, 1.54) is 6.07 Å². The zero-order chi connectivity index (χ0) is 13.1. The van der Waals surface area contributed by atoms with Gasteiger partial charge in [-0.2, -0.15) is 0 Å². The summed E-state index contributed by atoms with van der Waals surface area (Å²) < 4.78 is 14.0. The summed E-state index contributed by atoms with van der Waals surface area (Å²) in [5.74, 6) is -0.319. The lowest BCUT2D eigenvalue weighted by Crippen LogP contribution is -2.05. The number of halogens is 1. The smallest absolute Gasteiger partial charge is 0.132 e. The van der Waals surface area contributed by atoms with E-state index in [-0.39, 0.29) is 12.5 Å². The average Bonchev–Trinajstić information content (AvgIpc) is 2.38. The predicted octanol–water partition coefficient (Wildman–Crippen LogP) is 3.50. The maximum absolute atomic E-state index is 14.0. The summed E-state index contributed by atoms with van der Waals surface area (Å²) in [6.07, 6.45) is 0. The molecule has 0 amide bonds. The number of aliphatic hydroxyl groups excluding tert-OH is 1. The molecule has 0 unspecified atom stereocenters. The van der Waals surface area contributed by atoms with Crippen LogP contribution in [0.3, 0.4) is 0 Å². The van der Waals surface area contributed by atoms with Gasteiger partial charge in [-0.05, 0) is 5.92 Å². The van der Waals surface area contributed by atoms with Gasteiger partial charge >= 0.3 is 0 Å². The van der Waals surface area contributed by atoms with E-state index < -0.39 is 5.82 Å². The van der Waals surface area contributed by atoms with E-state index in [2.05, 4.69) is 4.98 Å². The van der Waals surface area contributed by atoms with E-state index in [1.54, 1.807) is 0 Å². The molecule has 2 aromatic rings. The first-order valence-electron chi connectivity index (χ1n) is 5.99. The van der Waals surface area contributed by atoms with E-state index in [0.717, 1.165) is 5.56 Å². The van der Waals surface area contributed by atoms with Gasteiger partial charge in [0.25, 0.3) is 0 Å². The van der Waals surface area contributed by atoms with Crippen molar-refractivity contribution in [1.29, 1.82) is 0 Å². The van der Waals surface area contributed by atoms with Crippen LogP contribution >= 0.6 is 0 Å². The molecule has 0 aliphatic heterocycles. The molecule has 0 saturated carbocycles. The van der Waals surface area contributed by atoms with Crippen molar-refractivity contribution in [2.24, 2.45) is 0 Å². The van der Waals surface area contributed by atoms with Crippen molar-refractivity contribution in [3.8, 4) is 11.3 Å². The summed E-state index contributed by atoms with van der Waals surface area (Å²) in [7, 11) is 0. The Labute approximate surface area is 106 Å². The number of hydrogen-bond donors (Lipinski definition) is 1. The summed E-state index contributed by atoms with van der Waals surface area (Å²) in [5, 5.41) is 9.23. The number of nitrogens with zero attached hydrogens (tertiary/aromatic N) is 1. The van der Waals surface area contributed by atoms with Gasteiger partial charge in [0.2, 0.25) is 0 Å². The van der Waals surface area contributed by atoms with Gasteiger partial charge in [0, 0.05) is 17.2 Å². The maximum Gasteiger partial charge on any atom is 0.132 e. The van der Waals surface area contributed by atoms with Gasteiger partial charge in [-0.1, -0.05) is 44.2 Å². The van der Waals surface area contributed by atoms with Crippen molar-refractivity contribution in [3.05, 3.63) is 53.5 Å². The molecule has 0 fully saturated rings. The molecule has 1 N–H and O–H groups in total. The van der Waals surface area contributed by atoms with E-state index in [9.17, 15) is 9.50 Å². The first kappa shape index (κ1) is 12.7. The Morgan fingerprint density at radius 1 is 1.22 bits per heavy atom.